The Morgan fingerprint density at radius 3 is 2.45 bits per heavy atom. The van der Waals surface area contributed by atoms with Crippen LogP contribution in [0.5, 0.6) is 0 Å². The molecular formula is C21H16N4O3S. The molecule has 8 heteroatoms. The number of hydrogen-bond acceptors (Lipinski definition) is 6. The molecule has 0 unspecified atom stereocenters. The number of amides is 2. The molecule has 2 aromatic heterocycles. The first-order chi connectivity index (χ1) is 14.2. The lowest BCUT2D eigenvalue weighted by Crippen LogP contribution is -2.41. The van der Waals surface area contributed by atoms with Crippen LogP contribution >= 0.6 is 11.8 Å². The van der Waals surface area contributed by atoms with Crippen LogP contribution in [0.25, 0.3) is 11.1 Å². The number of carbonyl (C=O) groups excluding carboxylic acids is 2. The minimum absolute atomic E-state index is 0.402. The van der Waals surface area contributed by atoms with Gasteiger partial charge in [0, 0.05) is 29.3 Å². The average molecular weight is 404 g/mol. The maximum absolute atomic E-state index is 12.6. The highest BCUT2D eigenvalue weighted by Crippen LogP contribution is 2.27. The van der Waals surface area contributed by atoms with Gasteiger partial charge in [0.1, 0.15) is 5.52 Å². The Bertz CT molecular complexity index is 1130. The third-order valence-corrected chi connectivity index (χ3v) is 5.00. The van der Waals surface area contributed by atoms with Crippen molar-refractivity contribution >= 4 is 34.7 Å². The van der Waals surface area contributed by atoms with E-state index in [0.717, 1.165) is 16.7 Å². The number of hydrogen-bond donors (Lipinski definition) is 2. The molecule has 0 saturated heterocycles. The van der Waals surface area contributed by atoms with Crippen LogP contribution in [0.1, 0.15) is 26.3 Å². The zero-order valence-corrected chi connectivity index (χ0v) is 16.0. The summed E-state index contributed by atoms with van der Waals surface area (Å²) >= 11 is 1.40. The Balaban J connectivity index is 1.42. The van der Waals surface area contributed by atoms with Crippen molar-refractivity contribution in [3.05, 3.63) is 89.7 Å². The van der Waals surface area contributed by atoms with E-state index < -0.39 is 11.8 Å². The molecule has 0 spiro atoms. The average Bonchev–Trinajstić information content (AvgIpc) is 3.19. The van der Waals surface area contributed by atoms with Gasteiger partial charge in [-0.2, -0.15) is 0 Å². The lowest BCUT2D eigenvalue weighted by Gasteiger charge is -2.10. The number of rotatable bonds is 5. The van der Waals surface area contributed by atoms with E-state index in [1.807, 2.05) is 36.4 Å². The number of nitrogens with one attached hydrogen (secondary N) is 2. The molecule has 4 aromatic rings. The maximum atomic E-state index is 12.6. The van der Waals surface area contributed by atoms with Crippen molar-refractivity contribution in [1.82, 2.24) is 20.8 Å². The number of oxazole rings is 1. The third kappa shape index (κ3) is 4.44. The number of para-hydroxylation sites is 2. The standard InChI is InChI=1S/C21H16N4O3S/c26-19(14-9-11-22-12-10-14)24-25-20(27)16-6-2-1-5-15(16)13-29-21-23-17-7-3-4-8-18(17)28-21/h1-12H,13H2,(H,24,26)(H,25,27). The highest BCUT2D eigenvalue weighted by molar-refractivity contribution is 7.98. The minimum atomic E-state index is -0.418. The summed E-state index contributed by atoms with van der Waals surface area (Å²) < 4.78 is 5.71. The lowest BCUT2D eigenvalue weighted by molar-refractivity contribution is 0.0846. The van der Waals surface area contributed by atoms with Gasteiger partial charge < -0.3 is 4.42 Å². The first kappa shape index (κ1) is 18.7. The van der Waals surface area contributed by atoms with Crippen molar-refractivity contribution < 1.29 is 14.0 Å². The monoisotopic (exact) mass is 404 g/mol. The van der Waals surface area contributed by atoms with E-state index >= 15 is 0 Å². The first-order valence-electron chi connectivity index (χ1n) is 8.78. The molecule has 0 fully saturated rings. The molecule has 0 aliphatic rings. The highest BCUT2D eigenvalue weighted by Gasteiger charge is 2.14. The van der Waals surface area contributed by atoms with Gasteiger partial charge in [0.05, 0.1) is 0 Å². The summed E-state index contributed by atoms with van der Waals surface area (Å²) in [5.74, 6) is -0.324. The summed E-state index contributed by atoms with van der Waals surface area (Å²) in [4.78, 5) is 32.9. The Hall–Kier alpha value is -3.65. The second-order valence-corrected chi connectivity index (χ2v) is 6.96. The largest absolute Gasteiger partial charge is 0.431 e. The van der Waals surface area contributed by atoms with Gasteiger partial charge in [-0.1, -0.05) is 42.1 Å². The fourth-order valence-corrected chi connectivity index (χ4v) is 3.52. The molecule has 7 nitrogen and oxygen atoms in total. The molecule has 0 aliphatic carbocycles. The Kier molecular flexibility index (Phi) is 5.53. The molecule has 0 radical (unpaired) electrons. The van der Waals surface area contributed by atoms with E-state index in [2.05, 4.69) is 20.8 Å². The highest BCUT2D eigenvalue weighted by atomic mass is 32.2. The molecule has 4 rings (SSSR count). The molecule has 0 saturated carbocycles. The smallest absolute Gasteiger partial charge is 0.270 e. The van der Waals surface area contributed by atoms with Gasteiger partial charge in [0.2, 0.25) is 0 Å². The minimum Gasteiger partial charge on any atom is -0.431 e. The molecule has 2 heterocycles. The maximum Gasteiger partial charge on any atom is 0.270 e. The van der Waals surface area contributed by atoms with E-state index in [-0.39, 0.29) is 0 Å². The van der Waals surface area contributed by atoms with E-state index in [0.29, 0.717) is 22.1 Å². The molecule has 144 valence electrons. The molecule has 0 atom stereocenters. The summed E-state index contributed by atoms with van der Waals surface area (Å²) in [6, 6.07) is 17.8. The summed E-state index contributed by atoms with van der Waals surface area (Å²) in [6.45, 7) is 0. The van der Waals surface area contributed by atoms with E-state index in [9.17, 15) is 9.59 Å². The van der Waals surface area contributed by atoms with Crippen molar-refractivity contribution in [2.45, 2.75) is 11.0 Å². The number of benzene rings is 2. The number of aromatic nitrogens is 2. The van der Waals surface area contributed by atoms with Gasteiger partial charge >= 0.3 is 0 Å². The van der Waals surface area contributed by atoms with Crippen molar-refractivity contribution in [3.8, 4) is 0 Å². The molecule has 2 N–H and O–H groups in total. The Morgan fingerprint density at radius 2 is 1.62 bits per heavy atom. The number of fused-ring (bicyclic) bond motifs is 1. The molecule has 0 bridgehead atoms. The van der Waals surface area contributed by atoms with Crippen molar-refractivity contribution in [1.29, 1.82) is 0 Å². The number of carbonyl (C=O) groups is 2. The van der Waals surface area contributed by atoms with Gasteiger partial charge in [-0.05, 0) is 35.9 Å². The molecule has 0 aliphatic heterocycles. The van der Waals surface area contributed by atoms with Gasteiger partial charge in [0.25, 0.3) is 17.0 Å². The van der Waals surface area contributed by atoms with Crippen LogP contribution in [0.2, 0.25) is 0 Å². The third-order valence-electron chi connectivity index (χ3n) is 4.12. The Morgan fingerprint density at radius 1 is 0.897 bits per heavy atom. The van der Waals surface area contributed by atoms with Gasteiger partial charge in [0.15, 0.2) is 5.58 Å². The van der Waals surface area contributed by atoms with Crippen LogP contribution < -0.4 is 10.9 Å². The van der Waals surface area contributed by atoms with Crippen molar-refractivity contribution in [2.24, 2.45) is 0 Å². The lowest BCUT2D eigenvalue weighted by atomic mass is 10.1. The molecule has 2 aromatic carbocycles. The fraction of sp³-hybridized carbons (Fsp3) is 0.0476. The van der Waals surface area contributed by atoms with Gasteiger partial charge in [-0.15, -0.1) is 0 Å². The number of pyridine rings is 1. The number of hydrazine groups is 1. The van der Waals surface area contributed by atoms with E-state index in [1.54, 1.807) is 24.3 Å². The molecular weight excluding hydrogens is 388 g/mol. The molecule has 2 amide bonds. The predicted octanol–water partition coefficient (Wildman–Crippen LogP) is 3.59. The van der Waals surface area contributed by atoms with Crippen LogP contribution in [0, 0.1) is 0 Å². The van der Waals surface area contributed by atoms with Crippen molar-refractivity contribution in [3.63, 3.8) is 0 Å². The second-order valence-electron chi connectivity index (χ2n) is 6.04. The summed E-state index contributed by atoms with van der Waals surface area (Å²) in [7, 11) is 0. The quantitative estimate of drug-likeness (QED) is 0.390. The normalized spacial score (nSPS) is 10.6. The van der Waals surface area contributed by atoms with Crippen LogP contribution in [0.15, 0.2) is 82.7 Å². The van der Waals surface area contributed by atoms with Crippen LogP contribution in [0.4, 0.5) is 0 Å². The fourth-order valence-electron chi connectivity index (χ4n) is 2.68. The van der Waals surface area contributed by atoms with Crippen LogP contribution in [-0.4, -0.2) is 21.8 Å². The number of nitrogens with zero attached hydrogens (tertiary/aromatic N) is 2. The predicted molar refractivity (Wildman–Crippen MR) is 109 cm³/mol. The van der Waals surface area contributed by atoms with Gasteiger partial charge in [-0.3, -0.25) is 25.4 Å². The topological polar surface area (TPSA) is 97.1 Å². The number of thioether (sulfide) groups is 1. The summed E-state index contributed by atoms with van der Waals surface area (Å²) in [5, 5.41) is 0.535. The first-order valence-corrected chi connectivity index (χ1v) is 9.76. The summed E-state index contributed by atoms with van der Waals surface area (Å²) in [6.07, 6.45) is 3.02. The Labute approximate surface area is 170 Å². The van der Waals surface area contributed by atoms with E-state index in [1.165, 1.54) is 24.2 Å². The zero-order chi connectivity index (χ0) is 20.1. The van der Waals surface area contributed by atoms with Crippen LogP contribution in [-0.2, 0) is 5.75 Å². The second kappa shape index (κ2) is 8.57. The van der Waals surface area contributed by atoms with Crippen molar-refractivity contribution in [2.75, 3.05) is 0 Å². The molecule has 29 heavy (non-hydrogen) atoms. The van der Waals surface area contributed by atoms with Gasteiger partial charge in [-0.25, -0.2) is 4.98 Å². The zero-order valence-electron chi connectivity index (χ0n) is 15.2. The SMILES string of the molecule is O=C(NNC(=O)c1ccccc1CSc1nc2ccccc2o1)c1ccncc1. The van der Waals surface area contributed by atoms with E-state index in [4.69, 9.17) is 4.42 Å². The van der Waals surface area contributed by atoms with Crippen LogP contribution in [0.3, 0.4) is 0 Å². The summed E-state index contributed by atoms with van der Waals surface area (Å²) in [5.41, 5.74) is 8.04.